The summed E-state index contributed by atoms with van der Waals surface area (Å²) in [5.74, 6) is -1.10. The molecule has 0 saturated carbocycles. The number of amides is 2. The van der Waals surface area contributed by atoms with Crippen LogP contribution in [0.5, 0.6) is 0 Å². The van der Waals surface area contributed by atoms with Crippen LogP contribution in [-0.4, -0.2) is 35.6 Å². The van der Waals surface area contributed by atoms with Crippen molar-refractivity contribution in [2.45, 2.75) is 6.04 Å². The molecule has 0 heterocycles. The van der Waals surface area contributed by atoms with Crippen LogP contribution in [0.1, 0.15) is 11.6 Å². The molecule has 0 aliphatic heterocycles. The normalized spacial score (nSPS) is 11.4. The number of benzene rings is 1. The molecule has 0 unspecified atom stereocenters. The van der Waals surface area contributed by atoms with Crippen molar-refractivity contribution in [3.8, 4) is 0 Å². The molecule has 0 saturated heterocycles. The Balaban J connectivity index is 2.79. The Morgan fingerprint density at radius 1 is 1.44 bits per heavy atom. The van der Waals surface area contributed by atoms with Crippen LogP contribution in [0.25, 0.3) is 0 Å². The summed E-state index contributed by atoms with van der Waals surface area (Å²) in [5, 5.41) is 11.6. The van der Waals surface area contributed by atoms with Gasteiger partial charge in [0.1, 0.15) is 0 Å². The van der Waals surface area contributed by atoms with Gasteiger partial charge in [-0.1, -0.05) is 36.4 Å². The van der Waals surface area contributed by atoms with Crippen LogP contribution in [0.3, 0.4) is 0 Å². The summed E-state index contributed by atoms with van der Waals surface area (Å²) in [6.45, 7) is 3.87. The van der Waals surface area contributed by atoms with Crippen LogP contribution < -0.4 is 5.32 Å². The third kappa shape index (κ3) is 3.62. The monoisotopic (exact) mass is 248 g/mol. The maximum absolute atomic E-state index is 11.7. The molecule has 0 fully saturated rings. The van der Waals surface area contributed by atoms with Gasteiger partial charge in [0.05, 0.1) is 0 Å². The minimum atomic E-state index is -1.10. The molecular formula is C13H16N2O3. The average Bonchev–Trinajstić information content (AvgIpc) is 2.36. The second-order valence-electron chi connectivity index (χ2n) is 3.80. The number of carboxylic acids is 1. The van der Waals surface area contributed by atoms with Gasteiger partial charge in [0, 0.05) is 13.6 Å². The Kier molecular flexibility index (Phi) is 4.92. The number of carbonyl (C=O) groups excluding carboxylic acids is 1. The van der Waals surface area contributed by atoms with E-state index in [-0.39, 0.29) is 0 Å². The lowest BCUT2D eigenvalue weighted by Crippen LogP contribution is -2.41. The first-order valence-corrected chi connectivity index (χ1v) is 5.46. The highest BCUT2D eigenvalue weighted by Gasteiger charge is 2.22. The fourth-order valence-corrected chi connectivity index (χ4v) is 1.44. The van der Waals surface area contributed by atoms with Gasteiger partial charge in [-0.05, 0) is 5.56 Å². The molecule has 5 heteroatoms. The van der Waals surface area contributed by atoms with Crippen molar-refractivity contribution >= 4 is 12.0 Å². The molecular weight excluding hydrogens is 232 g/mol. The van der Waals surface area contributed by atoms with Crippen molar-refractivity contribution < 1.29 is 14.7 Å². The zero-order chi connectivity index (χ0) is 13.5. The molecule has 1 aromatic carbocycles. The zero-order valence-corrected chi connectivity index (χ0v) is 10.2. The lowest BCUT2D eigenvalue weighted by Gasteiger charge is -2.20. The van der Waals surface area contributed by atoms with E-state index >= 15 is 0 Å². The molecule has 0 spiro atoms. The number of carboxylic acid groups (broad SMARTS) is 1. The van der Waals surface area contributed by atoms with Gasteiger partial charge in [-0.15, -0.1) is 6.58 Å². The van der Waals surface area contributed by atoms with Crippen LogP contribution in [-0.2, 0) is 4.79 Å². The van der Waals surface area contributed by atoms with E-state index in [2.05, 4.69) is 11.9 Å². The maximum atomic E-state index is 11.7. The number of carbonyl (C=O) groups is 2. The Morgan fingerprint density at radius 2 is 2.06 bits per heavy atom. The van der Waals surface area contributed by atoms with Gasteiger partial charge in [0.15, 0.2) is 6.04 Å². The molecule has 2 N–H and O–H groups in total. The Hall–Kier alpha value is -2.30. The standard InChI is InChI=1S/C13H16N2O3/c1-3-9-15(2)13(18)14-11(12(16)17)10-7-5-4-6-8-10/h3-8,11H,1,9H2,2H3,(H,14,18)(H,16,17)/t11-/m0/s1. The van der Waals surface area contributed by atoms with E-state index in [9.17, 15) is 9.59 Å². The van der Waals surface area contributed by atoms with Crippen LogP contribution in [0.15, 0.2) is 43.0 Å². The molecule has 1 aromatic rings. The summed E-state index contributed by atoms with van der Waals surface area (Å²) in [5.41, 5.74) is 0.533. The third-order valence-corrected chi connectivity index (χ3v) is 2.40. The van der Waals surface area contributed by atoms with E-state index in [4.69, 9.17) is 5.11 Å². The highest BCUT2D eigenvalue weighted by atomic mass is 16.4. The lowest BCUT2D eigenvalue weighted by atomic mass is 10.1. The smallest absolute Gasteiger partial charge is 0.330 e. The first-order chi connectivity index (χ1) is 8.56. The molecule has 96 valence electrons. The van der Waals surface area contributed by atoms with E-state index in [0.29, 0.717) is 12.1 Å². The Morgan fingerprint density at radius 3 is 2.56 bits per heavy atom. The van der Waals surface area contributed by atoms with Gasteiger partial charge < -0.3 is 15.3 Å². The molecule has 18 heavy (non-hydrogen) atoms. The molecule has 1 atom stereocenters. The SMILES string of the molecule is C=CCN(C)C(=O)N[C@H](C(=O)O)c1ccccc1. The molecule has 5 nitrogen and oxygen atoms in total. The van der Waals surface area contributed by atoms with Gasteiger partial charge in [-0.2, -0.15) is 0 Å². The fraction of sp³-hybridized carbons (Fsp3) is 0.231. The number of urea groups is 1. The molecule has 0 aliphatic rings. The minimum absolute atomic E-state index is 0.354. The van der Waals surface area contributed by atoms with Crippen molar-refractivity contribution in [3.05, 3.63) is 48.6 Å². The van der Waals surface area contributed by atoms with Gasteiger partial charge in [0.25, 0.3) is 0 Å². The van der Waals surface area contributed by atoms with E-state index in [1.807, 2.05) is 0 Å². The quantitative estimate of drug-likeness (QED) is 0.778. The van der Waals surface area contributed by atoms with Crippen molar-refractivity contribution in [2.24, 2.45) is 0 Å². The van der Waals surface area contributed by atoms with Crippen LogP contribution >= 0.6 is 0 Å². The second kappa shape index (κ2) is 6.44. The van der Waals surface area contributed by atoms with Gasteiger partial charge in [0.2, 0.25) is 0 Å². The molecule has 0 radical (unpaired) electrons. The summed E-state index contributed by atoms with van der Waals surface area (Å²) in [6.07, 6.45) is 1.57. The summed E-state index contributed by atoms with van der Waals surface area (Å²) >= 11 is 0. The number of hydrogen-bond acceptors (Lipinski definition) is 2. The zero-order valence-electron chi connectivity index (χ0n) is 10.2. The average molecular weight is 248 g/mol. The van der Waals surface area contributed by atoms with Crippen molar-refractivity contribution in [2.75, 3.05) is 13.6 Å². The Labute approximate surface area is 106 Å². The van der Waals surface area contributed by atoms with Gasteiger partial charge >= 0.3 is 12.0 Å². The van der Waals surface area contributed by atoms with E-state index in [0.717, 1.165) is 0 Å². The number of aliphatic carboxylic acids is 1. The van der Waals surface area contributed by atoms with E-state index in [1.54, 1.807) is 43.5 Å². The van der Waals surface area contributed by atoms with Crippen molar-refractivity contribution in [1.82, 2.24) is 10.2 Å². The molecule has 0 aliphatic carbocycles. The number of likely N-dealkylation sites (N-methyl/N-ethyl adjacent to an activating group) is 1. The number of nitrogens with zero attached hydrogens (tertiary/aromatic N) is 1. The van der Waals surface area contributed by atoms with E-state index in [1.165, 1.54) is 4.90 Å². The van der Waals surface area contributed by atoms with E-state index < -0.39 is 18.0 Å². The lowest BCUT2D eigenvalue weighted by molar-refractivity contribution is -0.139. The van der Waals surface area contributed by atoms with Crippen LogP contribution in [0.4, 0.5) is 4.79 Å². The van der Waals surface area contributed by atoms with Crippen molar-refractivity contribution in [3.63, 3.8) is 0 Å². The predicted octanol–water partition coefficient (Wildman–Crippen LogP) is 1.64. The molecule has 1 rings (SSSR count). The van der Waals surface area contributed by atoms with Gasteiger partial charge in [-0.3, -0.25) is 0 Å². The maximum Gasteiger partial charge on any atom is 0.330 e. The third-order valence-electron chi connectivity index (χ3n) is 2.40. The van der Waals surface area contributed by atoms with Gasteiger partial charge in [-0.25, -0.2) is 9.59 Å². The van der Waals surface area contributed by atoms with Crippen LogP contribution in [0, 0.1) is 0 Å². The number of nitrogens with one attached hydrogen (secondary N) is 1. The molecule has 0 aromatic heterocycles. The second-order valence-corrected chi connectivity index (χ2v) is 3.80. The van der Waals surface area contributed by atoms with Crippen LogP contribution in [0.2, 0.25) is 0 Å². The summed E-state index contributed by atoms with van der Waals surface area (Å²) in [4.78, 5) is 24.2. The topological polar surface area (TPSA) is 69.6 Å². The minimum Gasteiger partial charge on any atom is -0.479 e. The molecule has 2 amide bonds. The fourth-order valence-electron chi connectivity index (χ4n) is 1.44. The summed E-state index contributed by atoms with van der Waals surface area (Å²) < 4.78 is 0. The summed E-state index contributed by atoms with van der Waals surface area (Å²) in [6, 6.07) is 7.06. The highest BCUT2D eigenvalue weighted by Crippen LogP contribution is 2.12. The largest absolute Gasteiger partial charge is 0.479 e. The number of hydrogen-bond donors (Lipinski definition) is 2. The number of rotatable bonds is 5. The summed E-state index contributed by atoms with van der Waals surface area (Å²) in [7, 11) is 1.57. The first kappa shape index (κ1) is 13.8. The predicted molar refractivity (Wildman–Crippen MR) is 68.2 cm³/mol. The van der Waals surface area contributed by atoms with Crippen molar-refractivity contribution in [1.29, 1.82) is 0 Å². The first-order valence-electron chi connectivity index (χ1n) is 5.46. The highest BCUT2D eigenvalue weighted by molar-refractivity contribution is 5.83. The molecule has 0 bridgehead atoms. The Bertz CT molecular complexity index is 431.